The SMILES string of the molecule is CCC1CN(C(=O)Nc2cccc(C(=O)O)c2)CCN1C. The summed E-state index contributed by atoms with van der Waals surface area (Å²) in [7, 11) is 2.07. The first-order valence-electron chi connectivity index (χ1n) is 7.10. The van der Waals surface area contributed by atoms with Gasteiger partial charge in [-0.25, -0.2) is 9.59 Å². The number of carboxylic acids is 1. The summed E-state index contributed by atoms with van der Waals surface area (Å²) in [6, 6.07) is 6.48. The smallest absolute Gasteiger partial charge is 0.335 e. The number of benzene rings is 1. The number of aromatic carboxylic acids is 1. The Labute approximate surface area is 124 Å². The predicted molar refractivity (Wildman–Crippen MR) is 80.7 cm³/mol. The Kier molecular flexibility index (Phi) is 4.80. The molecule has 1 aliphatic rings. The normalized spacial score (nSPS) is 19.3. The van der Waals surface area contributed by atoms with E-state index in [1.54, 1.807) is 17.0 Å². The molecule has 1 unspecified atom stereocenters. The number of hydrogen-bond donors (Lipinski definition) is 2. The van der Waals surface area contributed by atoms with Gasteiger partial charge in [0.1, 0.15) is 0 Å². The van der Waals surface area contributed by atoms with Crippen LogP contribution in [-0.4, -0.2) is 59.6 Å². The molecule has 1 aliphatic heterocycles. The van der Waals surface area contributed by atoms with E-state index >= 15 is 0 Å². The largest absolute Gasteiger partial charge is 0.478 e. The van der Waals surface area contributed by atoms with Crippen LogP contribution in [0.15, 0.2) is 24.3 Å². The highest BCUT2D eigenvalue weighted by Crippen LogP contribution is 2.14. The number of piperazine rings is 1. The van der Waals surface area contributed by atoms with Crippen LogP contribution in [0.5, 0.6) is 0 Å². The lowest BCUT2D eigenvalue weighted by Gasteiger charge is -2.39. The van der Waals surface area contributed by atoms with Gasteiger partial charge in [-0.2, -0.15) is 0 Å². The second-order valence-electron chi connectivity index (χ2n) is 5.30. The standard InChI is InChI=1S/C15H21N3O3/c1-3-13-10-18(8-7-17(13)2)15(21)16-12-6-4-5-11(9-12)14(19)20/h4-6,9,13H,3,7-8,10H2,1-2H3,(H,16,21)(H,19,20). The number of hydrogen-bond acceptors (Lipinski definition) is 3. The monoisotopic (exact) mass is 291 g/mol. The van der Waals surface area contributed by atoms with Crippen LogP contribution in [-0.2, 0) is 0 Å². The molecule has 1 fully saturated rings. The average molecular weight is 291 g/mol. The van der Waals surface area contributed by atoms with Crippen LogP contribution in [0.2, 0.25) is 0 Å². The van der Waals surface area contributed by atoms with Gasteiger partial charge < -0.3 is 15.3 Å². The molecule has 0 aliphatic carbocycles. The van der Waals surface area contributed by atoms with Gasteiger partial charge in [0.2, 0.25) is 0 Å². The Bertz CT molecular complexity index is 533. The van der Waals surface area contributed by atoms with Crippen molar-refractivity contribution in [2.75, 3.05) is 32.0 Å². The lowest BCUT2D eigenvalue weighted by atomic mass is 10.1. The number of rotatable bonds is 3. The third kappa shape index (κ3) is 3.72. The third-order valence-corrected chi connectivity index (χ3v) is 3.90. The van der Waals surface area contributed by atoms with Crippen LogP contribution >= 0.6 is 0 Å². The first-order chi connectivity index (χ1) is 10.0. The molecule has 1 heterocycles. The minimum Gasteiger partial charge on any atom is -0.478 e. The molecule has 0 spiro atoms. The second-order valence-corrected chi connectivity index (χ2v) is 5.30. The number of anilines is 1. The zero-order valence-electron chi connectivity index (χ0n) is 12.4. The van der Waals surface area contributed by atoms with Crippen molar-refractivity contribution < 1.29 is 14.7 Å². The molecule has 21 heavy (non-hydrogen) atoms. The third-order valence-electron chi connectivity index (χ3n) is 3.90. The van der Waals surface area contributed by atoms with E-state index in [1.807, 2.05) is 0 Å². The maximum Gasteiger partial charge on any atom is 0.335 e. The van der Waals surface area contributed by atoms with Gasteiger partial charge in [0.25, 0.3) is 0 Å². The fraction of sp³-hybridized carbons (Fsp3) is 0.467. The maximum absolute atomic E-state index is 12.3. The quantitative estimate of drug-likeness (QED) is 0.892. The summed E-state index contributed by atoms with van der Waals surface area (Å²) in [5, 5.41) is 11.7. The number of carboxylic acid groups (broad SMARTS) is 1. The minimum atomic E-state index is -1.00. The first kappa shape index (κ1) is 15.3. The van der Waals surface area contributed by atoms with Crippen molar-refractivity contribution in [3.05, 3.63) is 29.8 Å². The first-order valence-corrected chi connectivity index (χ1v) is 7.10. The van der Waals surface area contributed by atoms with Gasteiger partial charge in [-0.05, 0) is 31.7 Å². The number of carbonyl (C=O) groups excluding carboxylic acids is 1. The van der Waals surface area contributed by atoms with E-state index in [0.717, 1.165) is 13.0 Å². The molecule has 2 amide bonds. The topological polar surface area (TPSA) is 72.9 Å². The van der Waals surface area contributed by atoms with E-state index in [-0.39, 0.29) is 11.6 Å². The van der Waals surface area contributed by atoms with Crippen molar-refractivity contribution >= 4 is 17.7 Å². The van der Waals surface area contributed by atoms with Gasteiger partial charge in [0.15, 0.2) is 0 Å². The fourth-order valence-electron chi connectivity index (χ4n) is 2.50. The molecular weight excluding hydrogens is 270 g/mol. The summed E-state index contributed by atoms with van der Waals surface area (Å²) in [4.78, 5) is 27.2. The molecule has 0 saturated carbocycles. The number of nitrogens with one attached hydrogen (secondary N) is 1. The van der Waals surface area contributed by atoms with Crippen LogP contribution in [0, 0.1) is 0 Å². The molecule has 2 N–H and O–H groups in total. The summed E-state index contributed by atoms with van der Waals surface area (Å²) >= 11 is 0. The van der Waals surface area contributed by atoms with Crippen molar-refractivity contribution in [2.24, 2.45) is 0 Å². The Morgan fingerprint density at radius 3 is 2.81 bits per heavy atom. The van der Waals surface area contributed by atoms with Crippen LogP contribution < -0.4 is 5.32 Å². The molecule has 1 aromatic carbocycles. The van der Waals surface area contributed by atoms with Crippen LogP contribution in [0.1, 0.15) is 23.7 Å². The van der Waals surface area contributed by atoms with Crippen molar-refractivity contribution in [2.45, 2.75) is 19.4 Å². The molecular formula is C15H21N3O3. The molecule has 6 nitrogen and oxygen atoms in total. The van der Waals surface area contributed by atoms with Gasteiger partial charge in [0, 0.05) is 31.4 Å². The number of carbonyl (C=O) groups is 2. The molecule has 0 radical (unpaired) electrons. The second kappa shape index (κ2) is 6.58. The van der Waals surface area contributed by atoms with Gasteiger partial charge in [-0.15, -0.1) is 0 Å². The van der Waals surface area contributed by atoms with Crippen molar-refractivity contribution in [3.63, 3.8) is 0 Å². The molecule has 1 atom stereocenters. The van der Waals surface area contributed by atoms with Crippen LogP contribution in [0.25, 0.3) is 0 Å². The number of likely N-dealkylation sites (N-methyl/N-ethyl adjacent to an activating group) is 1. The molecule has 2 rings (SSSR count). The van der Waals surface area contributed by atoms with E-state index in [1.165, 1.54) is 12.1 Å². The van der Waals surface area contributed by atoms with E-state index in [0.29, 0.717) is 24.8 Å². The van der Waals surface area contributed by atoms with Crippen LogP contribution in [0.4, 0.5) is 10.5 Å². The summed E-state index contributed by atoms with van der Waals surface area (Å²) in [6.45, 7) is 4.33. The van der Waals surface area contributed by atoms with Crippen LogP contribution in [0.3, 0.4) is 0 Å². The molecule has 0 bridgehead atoms. The van der Waals surface area contributed by atoms with Gasteiger partial charge in [0.05, 0.1) is 5.56 Å². The van der Waals surface area contributed by atoms with E-state index < -0.39 is 5.97 Å². The Morgan fingerprint density at radius 1 is 1.38 bits per heavy atom. The van der Waals surface area contributed by atoms with Crippen molar-refractivity contribution in [1.82, 2.24) is 9.80 Å². The summed E-state index contributed by atoms with van der Waals surface area (Å²) < 4.78 is 0. The maximum atomic E-state index is 12.3. The van der Waals surface area contributed by atoms with Gasteiger partial charge in [-0.1, -0.05) is 13.0 Å². The Balaban J connectivity index is 2.01. The number of amides is 2. The van der Waals surface area contributed by atoms with E-state index in [4.69, 9.17) is 5.11 Å². The summed E-state index contributed by atoms with van der Waals surface area (Å²) in [6.07, 6.45) is 0.995. The molecule has 1 aromatic rings. The summed E-state index contributed by atoms with van der Waals surface area (Å²) in [5.74, 6) is -1.00. The van der Waals surface area contributed by atoms with Crippen molar-refractivity contribution in [1.29, 1.82) is 0 Å². The van der Waals surface area contributed by atoms with Gasteiger partial charge >= 0.3 is 12.0 Å². The molecule has 6 heteroatoms. The molecule has 114 valence electrons. The predicted octanol–water partition coefficient (Wildman–Crippen LogP) is 1.94. The molecule has 0 aromatic heterocycles. The zero-order valence-corrected chi connectivity index (χ0v) is 12.4. The lowest BCUT2D eigenvalue weighted by molar-refractivity contribution is 0.0697. The van der Waals surface area contributed by atoms with E-state index in [9.17, 15) is 9.59 Å². The lowest BCUT2D eigenvalue weighted by Crippen LogP contribution is -2.54. The minimum absolute atomic E-state index is 0.164. The number of nitrogens with zero attached hydrogens (tertiary/aromatic N) is 2. The summed E-state index contributed by atoms with van der Waals surface area (Å²) in [5.41, 5.74) is 0.671. The highest BCUT2D eigenvalue weighted by Gasteiger charge is 2.26. The molecule has 1 saturated heterocycles. The van der Waals surface area contributed by atoms with Crippen molar-refractivity contribution in [3.8, 4) is 0 Å². The Morgan fingerprint density at radius 2 is 2.14 bits per heavy atom. The number of urea groups is 1. The van der Waals surface area contributed by atoms with E-state index in [2.05, 4.69) is 24.2 Å². The highest BCUT2D eigenvalue weighted by atomic mass is 16.4. The zero-order chi connectivity index (χ0) is 15.4. The van der Waals surface area contributed by atoms with Gasteiger partial charge in [-0.3, -0.25) is 4.90 Å². The average Bonchev–Trinajstić information content (AvgIpc) is 2.47. The highest BCUT2D eigenvalue weighted by molar-refractivity contribution is 5.93. The fourth-order valence-corrected chi connectivity index (χ4v) is 2.50. The Hall–Kier alpha value is -2.08.